The predicted molar refractivity (Wildman–Crippen MR) is 118 cm³/mol. The van der Waals surface area contributed by atoms with Gasteiger partial charge in [0.1, 0.15) is 0 Å². The monoisotopic (exact) mass is 445 g/mol. The number of benzene rings is 1. The Bertz CT molecular complexity index is 1080. The topological polar surface area (TPSA) is 76.3 Å². The molecule has 0 saturated carbocycles. The number of aromatic nitrogens is 2. The van der Waals surface area contributed by atoms with Gasteiger partial charge in [0.15, 0.2) is 0 Å². The van der Waals surface area contributed by atoms with Crippen molar-refractivity contribution >= 4 is 21.4 Å². The Hall–Kier alpha value is -2.03. The SMILES string of the molecule is CC(C)(C)c1ccc(S(=O)(=O)N2CCCC(Cc3nc(-c4ccsc4)no3)C2)cc1. The summed E-state index contributed by atoms with van der Waals surface area (Å²) in [6.45, 7) is 7.37. The van der Waals surface area contributed by atoms with Crippen molar-refractivity contribution in [3.05, 3.63) is 52.5 Å². The minimum absolute atomic E-state index is 0.00946. The van der Waals surface area contributed by atoms with Crippen LogP contribution in [-0.2, 0) is 21.9 Å². The number of nitrogens with zero attached hydrogens (tertiary/aromatic N) is 3. The van der Waals surface area contributed by atoms with Gasteiger partial charge in [-0.3, -0.25) is 0 Å². The predicted octanol–water partition coefficient (Wildman–Crippen LogP) is 4.74. The first-order valence-corrected chi connectivity index (χ1v) is 12.6. The molecule has 1 aromatic carbocycles. The summed E-state index contributed by atoms with van der Waals surface area (Å²) in [5.41, 5.74) is 2.06. The molecule has 1 aliphatic rings. The summed E-state index contributed by atoms with van der Waals surface area (Å²) in [5, 5.41) is 8.01. The molecule has 3 aromatic rings. The second kappa shape index (κ2) is 8.24. The van der Waals surface area contributed by atoms with Gasteiger partial charge >= 0.3 is 0 Å². The molecular formula is C22H27N3O3S2. The molecule has 3 heterocycles. The summed E-state index contributed by atoms with van der Waals surface area (Å²) in [4.78, 5) is 4.84. The first kappa shape index (κ1) is 21.2. The van der Waals surface area contributed by atoms with E-state index in [-0.39, 0.29) is 11.3 Å². The molecule has 6 nitrogen and oxygen atoms in total. The van der Waals surface area contributed by atoms with Crippen molar-refractivity contribution in [1.82, 2.24) is 14.4 Å². The molecule has 0 radical (unpaired) electrons. The molecule has 0 spiro atoms. The van der Waals surface area contributed by atoms with E-state index in [0.29, 0.717) is 36.1 Å². The van der Waals surface area contributed by atoms with Crippen LogP contribution in [0.25, 0.3) is 11.4 Å². The zero-order valence-electron chi connectivity index (χ0n) is 17.5. The molecule has 30 heavy (non-hydrogen) atoms. The molecule has 1 saturated heterocycles. The molecule has 0 aliphatic carbocycles. The Morgan fingerprint density at radius 3 is 2.63 bits per heavy atom. The standard InChI is InChI=1S/C22H27N3O3S2/c1-22(2,3)18-6-8-19(9-7-18)30(26,27)25-11-4-5-16(14-25)13-20-23-21(24-28-20)17-10-12-29-15-17/h6-10,12,15-16H,4-5,11,13-14H2,1-3H3. The van der Waals surface area contributed by atoms with Gasteiger partial charge in [0.05, 0.1) is 4.90 Å². The molecular weight excluding hydrogens is 418 g/mol. The zero-order valence-corrected chi connectivity index (χ0v) is 19.2. The van der Waals surface area contributed by atoms with Crippen molar-refractivity contribution in [3.8, 4) is 11.4 Å². The molecule has 4 rings (SSSR count). The van der Waals surface area contributed by atoms with Gasteiger partial charge in [-0.25, -0.2) is 8.42 Å². The van der Waals surface area contributed by atoms with Gasteiger partial charge in [-0.15, -0.1) is 0 Å². The smallest absolute Gasteiger partial charge is 0.243 e. The summed E-state index contributed by atoms with van der Waals surface area (Å²) in [5.74, 6) is 1.32. The van der Waals surface area contributed by atoms with Crippen molar-refractivity contribution in [2.75, 3.05) is 13.1 Å². The highest BCUT2D eigenvalue weighted by Crippen LogP contribution is 2.28. The van der Waals surface area contributed by atoms with Gasteiger partial charge in [0, 0.05) is 30.5 Å². The van der Waals surface area contributed by atoms with E-state index in [0.717, 1.165) is 24.0 Å². The number of hydrogen-bond donors (Lipinski definition) is 0. The molecule has 0 N–H and O–H groups in total. The maximum Gasteiger partial charge on any atom is 0.243 e. The van der Waals surface area contributed by atoms with Crippen LogP contribution in [-0.4, -0.2) is 36.0 Å². The van der Waals surface area contributed by atoms with Crippen LogP contribution in [0, 0.1) is 5.92 Å². The molecule has 1 aliphatic heterocycles. The Morgan fingerprint density at radius 2 is 1.97 bits per heavy atom. The maximum absolute atomic E-state index is 13.2. The van der Waals surface area contributed by atoms with Crippen LogP contribution in [0.2, 0.25) is 0 Å². The van der Waals surface area contributed by atoms with Crippen molar-refractivity contribution in [2.24, 2.45) is 5.92 Å². The van der Waals surface area contributed by atoms with Gasteiger partial charge in [-0.1, -0.05) is 38.1 Å². The summed E-state index contributed by atoms with van der Waals surface area (Å²) in [7, 11) is -3.51. The number of hydrogen-bond acceptors (Lipinski definition) is 6. The van der Waals surface area contributed by atoms with Gasteiger partial charge < -0.3 is 4.52 Å². The quantitative estimate of drug-likeness (QED) is 0.567. The van der Waals surface area contributed by atoms with Crippen molar-refractivity contribution < 1.29 is 12.9 Å². The molecule has 0 amide bonds. The van der Waals surface area contributed by atoms with Gasteiger partial charge in [-0.2, -0.15) is 20.6 Å². The van der Waals surface area contributed by atoms with Crippen LogP contribution in [0.3, 0.4) is 0 Å². The van der Waals surface area contributed by atoms with Crippen LogP contribution in [0.1, 0.15) is 45.1 Å². The van der Waals surface area contributed by atoms with E-state index in [9.17, 15) is 8.42 Å². The van der Waals surface area contributed by atoms with Crippen LogP contribution < -0.4 is 0 Å². The first-order valence-electron chi connectivity index (χ1n) is 10.2. The van der Waals surface area contributed by atoms with E-state index in [4.69, 9.17) is 4.52 Å². The second-order valence-electron chi connectivity index (χ2n) is 8.87. The Morgan fingerprint density at radius 1 is 1.20 bits per heavy atom. The van der Waals surface area contributed by atoms with Gasteiger partial charge in [-0.05, 0) is 53.3 Å². The zero-order chi connectivity index (χ0) is 21.4. The summed E-state index contributed by atoms with van der Waals surface area (Å²) in [6.07, 6.45) is 2.37. The minimum atomic E-state index is -3.51. The van der Waals surface area contributed by atoms with E-state index in [2.05, 4.69) is 30.9 Å². The number of piperidine rings is 1. The number of sulfonamides is 1. The van der Waals surface area contributed by atoms with Crippen molar-refractivity contribution in [2.45, 2.75) is 50.3 Å². The van der Waals surface area contributed by atoms with Crippen LogP contribution in [0.15, 0.2) is 50.5 Å². The Kier molecular flexibility index (Phi) is 5.83. The van der Waals surface area contributed by atoms with Crippen LogP contribution >= 0.6 is 11.3 Å². The summed E-state index contributed by atoms with van der Waals surface area (Å²) < 4.78 is 33.4. The lowest BCUT2D eigenvalue weighted by molar-refractivity contribution is 0.247. The third-order valence-corrected chi connectivity index (χ3v) is 8.11. The fraction of sp³-hybridized carbons (Fsp3) is 0.455. The maximum atomic E-state index is 13.2. The van der Waals surface area contributed by atoms with E-state index >= 15 is 0 Å². The molecule has 8 heteroatoms. The normalized spacial score (nSPS) is 18.6. The fourth-order valence-electron chi connectivity index (χ4n) is 3.78. The molecule has 2 aromatic heterocycles. The van der Waals surface area contributed by atoms with Gasteiger partial charge in [0.2, 0.25) is 21.7 Å². The molecule has 1 unspecified atom stereocenters. The summed E-state index contributed by atoms with van der Waals surface area (Å²) in [6, 6.07) is 9.24. The molecule has 160 valence electrons. The average molecular weight is 446 g/mol. The highest BCUT2D eigenvalue weighted by atomic mass is 32.2. The largest absolute Gasteiger partial charge is 0.339 e. The van der Waals surface area contributed by atoms with Crippen LogP contribution in [0.4, 0.5) is 0 Å². The molecule has 0 bridgehead atoms. The van der Waals surface area contributed by atoms with Gasteiger partial charge in [0.25, 0.3) is 0 Å². The van der Waals surface area contributed by atoms with E-state index in [1.165, 1.54) is 0 Å². The van der Waals surface area contributed by atoms with Crippen LogP contribution in [0.5, 0.6) is 0 Å². The lowest BCUT2D eigenvalue weighted by Gasteiger charge is -2.31. The van der Waals surface area contributed by atoms with E-state index in [1.807, 2.05) is 29.0 Å². The highest BCUT2D eigenvalue weighted by Gasteiger charge is 2.31. The third-order valence-electron chi connectivity index (χ3n) is 5.55. The van der Waals surface area contributed by atoms with Crippen molar-refractivity contribution in [1.29, 1.82) is 0 Å². The van der Waals surface area contributed by atoms with E-state index in [1.54, 1.807) is 27.8 Å². The third kappa shape index (κ3) is 4.50. The highest BCUT2D eigenvalue weighted by molar-refractivity contribution is 7.89. The van der Waals surface area contributed by atoms with Crippen molar-refractivity contribution in [3.63, 3.8) is 0 Å². The minimum Gasteiger partial charge on any atom is -0.339 e. The lowest BCUT2D eigenvalue weighted by Crippen LogP contribution is -2.40. The number of rotatable bonds is 5. The second-order valence-corrected chi connectivity index (χ2v) is 11.6. The summed E-state index contributed by atoms with van der Waals surface area (Å²) >= 11 is 1.59. The fourth-order valence-corrected chi connectivity index (χ4v) is 5.97. The molecule has 1 fully saturated rings. The lowest BCUT2D eigenvalue weighted by atomic mass is 9.87. The number of thiophene rings is 1. The Balaban J connectivity index is 1.45. The van der Waals surface area contributed by atoms with E-state index < -0.39 is 10.0 Å². The average Bonchev–Trinajstić information content (AvgIpc) is 3.39. The Labute approximate surface area is 182 Å². The first-order chi connectivity index (χ1) is 14.2. The molecule has 1 atom stereocenters.